The van der Waals surface area contributed by atoms with Gasteiger partial charge in [-0.15, -0.1) is 0 Å². The molecule has 1 atom stereocenters. The Labute approximate surface area is 77.5 Å². The van der Waals surface area contributed by atoms with Crippen LogP contribution in [0.3, 0.4) is 0 Å². The second-order valence-corrected chi connectivity index (χ2v) is 4.01. The van der Waals surface area contributed by atoms with E-state index in [9.17, 15) is 0 Å². The SMILES string of the molecule is CCCCOC(C)CCC(C)C. The molecule has 0 N–H and O–H groups in total. The van der Waals surface area contributed by atoms with E-state index in [0.29, 0.717) is 6.10 Å². The van der Waals surface area contributed by atoms with E-state index < -0.39 is 0 Å². The minimum atomic E-state index is 0.457. The molecule has 0 aliphatic heterocycles. The average Bonchev–Trinajstić information content (AvgIpc) is 2.01. The molecule has 0 heterocycles. The van der Waals surface area contributed by atoms with Crippen LogP contribution in [-0.2, 0) is 4.74 Å². The van der Waals surface area contributed by atoms with Gasteiger partial charge in [-0.05, 0) is 32.1 Å². The Hall–Kier alpha value is -0.0400. The Morgan fingerprint density at radius 2 is 1.75 bits per heavy atom. The normalized spacial score (nSPS) is 13.8. The maximum Gasteiger partial charge on any atom is 0.0547 e. The second-order valence-electron chi connectivity index (χ2n) is 4.01. The van der Waals surface area contributed by atoms with Crippen LogP contribution in [0.1, 0.15) is 53.4 Å². The van der Waals surface area contributed by atoms with Gasteiger partial charge in [0.15, 0.2) is 0 Å². The molecule has 0 aliphatic rings. The summed E-state index contributed by atoms with van der Waals surface area (Å²) in [6.07, 6.45) is 5.39. The van der Waals surface area contributed by atoms with Gasteiger partial charge < -0.3 is 4.74 Å². The van der Waals surface area contributed by atoms with Crippen molar-refractivity contribution in [3.8, 4) is 0 Å². The van der Waals surface area contributed by atoms with Gasteiger partial charge in [0, 0.05) is 6.61 Å². The van der Waals surface area contributed by atoms with Crippen LogP contribution in [-0.4, -0.2) is 12.7 Å². The number of hydrogen-bond donors (Lipinski definition) is 0. The average molecular weight is 172 g/mol. The van der Waals surface area contributed by atoms with Gasteiger partial charge in [0.05, 0.1) is 6.10 Å². The third kappa shape index (κ3) is 8.06. The van der Waals surface area contributed by atoms with Crippen molar-refractivity contribution in [1.29, 1.82) is 0 Å². The van der Waals surface area contributed by atoms with Crippen molar-refractivity contribution in [2.24, 2.45) is 5.92 Å². The van der Waals surface area contributed by atoms with Gasteiger partial charge in [-0.25, -0.2) is 0 Å². The number of rotatable bonds is 7. The zero-order chi connectivity index (χ0) is 9.40. The molecule has 0 aliphatic carbocycles. The summed E-state index contributed by atoms with van der Waals surface area (Å²) in [4.78, 5) is 0. The lowest BCUT2D eigenvalue weighted by molar-refractivity contribution is 0.0548. The fraction of sp³-hybridized carbons (Fsp3) is 1.00. The predicted molar refractivity (Wildman–Crippen MR) is 54.4 cm³/mol. The van der Waals surface area contributed by atoms with Crippen LogP contribution in [0.25, 0.3) is 0 Å². The largest absolute Gasteiger partial charge is 0.379 e. The van der Waals surface area contributed by atoms with Gasteiger partial charge in [0.1, 0.15) is 0 Å². The third-order valence-electron chi connectivity index (χ3n) is 2.05. The first kappa shape index (κ1) is 12.0. The summed E-state index contributed by atoms with van der Waals surface area (Å²) in [7, 11) is 0. The first-order chi connectivity index (χ1) is 5.66. The topological polar surface area (TPSA) is 9.23 Å². The Kier molecular flexibility index (Phi) is 7.58. The quantitative estimate of drug-likeness (QED) is 0.533. The van der Waals surface area contributed by atoms with Crippen molar-refractivity contribution >= 4 is 0 Å². The van der Waals surface area contributed by atoms with Crippen LogP contribution in [0.2, 0.25) is 0 Å². The molecule has 0 amide bonds. The van der Waals surface area contributed by atoms with E-state index in [0.717, 1.165) is 12.5 Å². The van der Waals surface area contributed by atoms with E-state index in [1.54, 1.807) is 0 Å². The monoisotopic (exact) mass is 172 g/mol. The Bertz CT molecular complexity index is 89.0. The molecular formula is C11H24O. The van der Waals surface area contributed by atoms with Crippen LogP contribution >= 0.6 is 0 Å². The van der Waals surface area contributed by atoms with Crippen molar-refractivity contribution in [2.75, 3.05) is 6.61 Å². The highest BCUT2D eigenvalue weighted by Gasteiger charge is 2.02. The summed E-state index contributed by atoms with van der Waals surface area (Å²) in [6, 6.07) is 0. The molecule has 0 aromatic carbocycles. The van der Waals surface area contributed by atoms with Crippen LogP contribution in [0.15, 0.2) is 0 Å². The van der Waals surface area contributed by atoms with Crippen LogP contribution in [0.4, 0.5) is 0 Å². The summed E-state index contributed by atoms with van der Waals surface area (Å²) in [5, 5.41) is 0. The van der Waals surface area contributed by atoms with Crippen molar-refractivity contribution < 1.29 is 4.74 Å². The van der Waals surface area contributed by atoms with Gasteiger partial charge in [-0.3, -0.25) is 0 Å². The molecule has 0 aromatic heterocycles. The molecule has 0 saturated carbocycles. The maximum atomic E-state index is 5.63. The molecule has 0 saturated heterocycles. The summed E-state index contributed by atoms with van der Waals surface area (Å²) < 4.78 is 5.63. The van der Waals surface area contributed by atoms with E-state index in [-0.39, 0.29) is 0 Å². The minimum Gasteiger partial charge on any atom is -0.379 e. The molecule has 0 radical (unpaired) electrons. The van der Waals surface area contributed by atoms with Gasteiger partial charge in [0.25, 0.3) is 0 Å². The highest BCUT2D eigenvalue weighted by Crippen LogP contribution is 2.09. The zero-order valence-corrected chi connectivity index (χ0v) is 9.10. The van der Waals surface area contributed by atoms with Crippen LogP contribution in [0, 0.1) is 5.92 Å². The molecule has 1 heteroatoms. The van der Waals surface area contributed by atoms with E-state index >= 15 is 0 Å². The first-order valence-electron chi connectivity index (χ1n) is 5.28. The lowest BCUT2D eigenvalue weighted by Crippen LogP contribution is -2.10. The van der Waals surface area contributed by atoms with Gasteiger partial charge in [-0.2, -0.15) is 0 Å². The number of ether oxygens (including phenoxy) is 1. The second kappa shape index (κ2) is 7.60. The highest BCUT2D eigenvalue weighted by atomic mass is 16.5. The zero-order valence-electron chi connectivity index (χ0n) is 9.10. The van der Waals surface area contributed by atoms with E-state index in [2.05, 4.69) is 27.7 Å². The summed E-state index contributed by atoms with van der Waals surface area (Å²) >= 11 is 0. The molecule has 0 aromatic rings. The van der Waals surface area contributed by atoms with Crippen molar-refractivity contribution in [3.63, 3.8) is 0 Å². The van der Waals surface area contributed by atoms with Crippen LogP contribution < -0.4 is 0 Å². The summed E-state index contributed by atoms with van der Waals surface area (Å²) in [5.41, 5.74) is 0. The fourth-order valence-electron chi connectivity index (χ4n) is 1.08. The highest BCUT2D eigenvalue weighted by molar-refractivity contribution is 4.53. The molecule has 12 heavy (non-hydrogen) atoms. The van der Waals surface area contributed by atoms with E-state index in [4.69, 9.17) is 4.74 Å². The summed E-state index contributed by atoms with van der Waals surface area (Å²) in [5.74, 6) is 0.808. The van der Waals surface area contributed by atoms with Crippen molar-refractivity contribution in [3.05, 3.63) is 0 Å². The molecule has 74 valence electrons. The number of unbranched alkanes of at least 4 members (excludes halogenated alkanes) is 1. The van der Waals surface area contributed by atoms with Crippen LogP contribution in [0.5, 0.6) is 0 Å². The lowest BCUT2D eigenvalue weighted by atomic mass is 10.1. The minimum absolute atomic E-state index is 0.457. The molecule has 1 unspecified atom stereocenters. The van der Waals surface area contributed by atoms with Gasteiger partial charge in [0.2, 0.25) is 0 Å². The standard InChI is InChI=1S/C11H24O/c1-5-6-9-12-11(4)8-7-10(2)3/h10-11H,5-9H2,1-4H3. The van der Waals surface area contributed by atoms with Gasteiger partial charge >= 0.3 is 0 Å². The van der Waals surface area contributed by atoms with E-state index in [1.165, 1.54) is 25.7 Å². The Morgan fingerprint density at radius 3 is 2.25 bits per heavy atom. The molecule has 0 rings (SSSR count). The molecule has 1 nitrogen and oxygen atoms in total. The summed E-state index contributed by atoms with van der Waals surface area (Å²) in [6.45, 7) is 9.84. The molecule has 0 bridgehead atoms. The molecule has 0 spiro atoms. The van der Waals surface area contributed by atoms with Crippen molar-refractivity contribution in [1.82, 2.24) is 0 Å². The van der Waals surface area contributed by atoms with Crippen molar-refractivity contribution in [2.45, 2.75) is 59.5 Å². The third-order valence-corrected chi connectivity index (χ3v) is 2.05. The smallest absolute Gasteiger partial charge is 0.0547 e. The predicted octanol–water partition coefficient (Wildman–Crippen LogP) is 3.63. The van der Waals surface area contributed by atoms with Gasteiger partial charge in [-0.1, -0.05) is 27.2 Å². The Morgan fingerprint density at radius 1 is 1.08 bits per heavy atom. The maximum absolute atomic E-state index is 5.63. The van der Waals surface area contributed by atoms with E-state index in [1.807, 2.05) is 0 Å². The first-order valence-corrected chi connectivity index (χ1v) is 5.28. The molecular weight excluding hydrogens is 148 g/mol. The Balaban J connectivity index is 3.15. The number of hydrogen-bond acceptors (Lipinski definition) is 1. The molecule has 0 fully saturated rings. The fourth-order valence-corrected chi connectivity index (χ4v) is 1.08. The lowest BCUT2D eigenvalue weighted by Gasteiger charge is -2.13.